The van der Waals surface area contributed by atoms with E-state index in [2.05, 4.69) is 10.2 Å². The number of rotatable bonds is 5. The Hall–Kier alpha value is -2.91. The zero-order valence-electron chi connectivity index (χ0n) is 18.8. The molecule has 1 aliphatic heterocycles. The van der Waals surface area contributed by atoms with Crippen molar-refractivity contribution < 1.29 is 19.8 Å². The maximum absolute atomic E-state index is 13.4. The van der Waals surface area contributed by atoms with Crippen molar-refractivity contribution in [3.63, 3.8) is 0 Å². The van der Waals surface area contributed by atoms with Gasteiger partial charge in [-0.25, -0.2) is 4.79 Å². The molecule has 1 aromatic carbocycles. The van der Waals surface area contributed by atoms with Crippen LogP contribution >= 0.6 is 0 Å². The van der Waals surface area contributed by atoms with E-state index in [0.717, 1.165) is 36.7 Å². The molecule has 9 heteroatoms. The van der Waals surface area contributed by atoms with Gasteiger partial charge in [-0.2, -0.15) is 5.10 Å². The summed E-state index contributed by atoms with van der Waals surface area (Å²) in [7, 11) is 0. The Kier molecular flexibility index (Phi) is 6.21. The minimum Gasteiger partial charge on any atom is -0.630 e. The second-order valence-corrected chi connectivity index (χ2v) is 9.55. The molecule has 9 nitrogen and oxygen atoms in total. The lowest BCUT2D eigenvalue weighted by Crippen LogP contribution is -2.70. The van der Waals surface area contributed by atoms with E-state index >= 15 is 0 Å². The molecular formula is C23H31N5O4. The lowest BCUT2D eigenvalue weighted by molar-refractivity contribution is -0.497. The highest BCUT2D eigenvalue weighted by atomic mass is 16.6. The molecule has 2 aromatic rings. The third-order valence-electron chi connectivity index (χ3n) is 5.84. The number of likely N-dealkylation sites (tertiary alicyclic amines) is 1. The summed E-state index contributed by atoms with van der Waals surface area (Å²) < 4.78 is 5.48. The number of carbonyl (C=O) groups excluding carboxylic acids is 2. The lowest BCUT2D eigenvalue weighted by Gasteiger charge is -2.39. The molecule has 2 heterocycles. The summed E-state index contributed by atoms with van der Waals surface area (Å²) in [4.78, 5) is 29.5. The van der Waals surface area contributed by atoms with Crippen LogP contribution < -0.4 is 5.48 Å². The zero-order chi connectivity index (χ0) is 22.9. The van der Waals surface area contributed by atoms with Gasteiger partial charge in [-0.1, -0.05) is 0 Å². The summed E-state index contributed by atoms with van der Waals surface area (Å²) in [5.41, 5.74) is 2.84. The highest BCUT2D eigenvalue weighted by Crippen LogP contribution is 2.33. The Bertz CT molecular complexity index is 954. The summed E-state index contributed by atoms with van der Waals surface area (Å²) in [6, 6.07) is 9.20. The molecule has 0 atom stereocenters. The van der Waals surface area contributed by atoms with Gasteiger partial charge in [-0.05, 0) is 76.8 Å². The van der Waals surface area contributed by atoms with E-state index < -0.39 is 5.60 Å². The number of quaternary nitrogens is 1. The average Bonchev–Trinajstić information content (AvgIpc) is 3.47. The van der Waals surface area contributed by atoms with Crippen molar-refractivity contribution in [2.24, 2.45) is 0 Å². The van der Waals surface area contributed by atoms with Gasteiger partial charge in [0.1, 0.15) is 17.0 Å². The average molecular weight is 442 g/mol. The molecule has 2 fully saturated rings. The van der Waals surface area contributed by atoms with E-state index in [1.165, 1.54) is 0 Å². The van der Waals surface area contributed by atoms with E-state index in [1.807, 2.05) is 37.8 Å². The first-order valence-corrected chi connectivity index (χ1v) is 11.2. The number of amides is 2. The van der Waals surface area contributed by atoms with Gasteiger partial charge < -0.3 is 25.2 Å². The van der Waals surface area contributed by atoms with Gasteiger partial charge in [0.2, 0.25) is 0 Å². The van der Waals surface area contributed by atoms with Crippen molar-refractivity contribution in [2.45, 2.75) is 64.1 Å². The van der Waals surface area contributed by atoms with E-state index in [1.54, 1.807) is 23.1 Å². The minimum absolute atomic E-state index is 0.0496. The van der Waals surface area contributed by atoms with Crippen LogP contribution in [-0.4, -0.2) is 62.8 Å². The fourth-order valence-corrected chi connectivity index (χ4v) is 4.09. The molecule has 0 bridgehead atoms. The number of benzene rings is 1. The van der Waals surface area contributed by atoms with E-state index in [9.17, 15) is 14.8 Å². The lowest BCUT2D eigenvalue weighted by atomic mass is 10.0. The molecule has 1 aliphatic carbocycles. The predicted molar refractivity (Wildman–Crippen MR) is 119 cm³/mol. The van der Waals surface area contributed by atoms with Crippen molar-refractivity contribution in [1.82, 2.24) is 20.0 Å². The van der Waals surface area contributed by atoms with Crippen LogP contribution in [0, 0.1) is 5.21 Å². The van der Waals surface area contributed by atoms with E-state index in [0.29, 0.717) is 30.2 Å². The van der Waals surface area contributed by atoms with E-state index in [4.69, 9.17) is 4.74 Å². The Balaban J connectivity index is 1.42. The minimum atomic E-state index is -0.518. The van der Waals surface area contributed by atoms with Gasteiger partial charge in [0.25, 0.3) is 5.91 Å². The molecule has 32 heavy (non-hydrogen) atoms. The van der Waals surface area contributed by atoms with Gasteiger partial charge in [-0.3, -0.25) is 9.89 Å². The number of hydrogen-bond acceptors (Lipinski definition) is 5. The quantitative estimate of drug-likeness (QED) is 0.546. The number of hydrogen-bond donors (Lipinski definition) is 2. The molecule has 0 spiro atoms. The molecule has 1 saturated heterocycles. The molecule has 4 rings (SSSR count). The maximum atomic E-state index is 13.4. The van der Waals surface area contributed by atoms with E-state index in [-0.39, 0.29) is 24.1 Å². The summed E-state index contributed by atoms with van der Waals surface area (Å²) in [6.45, 7) is 6.74. The first-order valence-electron chi connectivity index (χ1n) is 11.2. The molecule has 1 aromatic heterocycles. The standard InChI is InChI=1S/C23H31N5O4/c1-23(2,3)32-22(30)27-12-10-18(11-13-27)28(17-8-9-17)21(29)20-14-19(24-25-20)15-4-6-16(26-31)7-5-15/h4-7,14,17-18H,8-13,26H2,1-3H3,(H,24,25). The second kappa shape index (κ2) is 8.91. The number of H-pyrrole nitrogens is 1. The smallest absolute Gasteiger partial charge is 0.410 e. The van der Waals surface area contributed by atoms with Crippen molar-refractivity contribution in [1.29, 1.82) is 0 Å². The highest BCUT2D eigenvalue weighted by molar-refractivity contribution is 5.94. The van der Waals surface area contributed by atoms with Crippen LogP contribution in [0.25, 0.3) is 11.3 Å². The van der Waals surface area contributed by atoms with Crippen molar-refractivity contribution in [3.05, 3.63) is 41.2 Å². The van der Waals surface area contributed by atoms with Gasteiger partial charge in [0, 0.05) is 30.7 Å². The first kappa shape index (κ1) is 22.3. The second-order valence-electron chi connectivity index (χ2n) is 9.55. The number of aromatic amines is 1. The molecule has 2 amide bonds. The van der Waals surface area contributed by atoms with Gasteiger partial charge >= 0.3 is 6.09 Å². The maximum Gasteiger partial charge on any atom is 0.410 e. The summed E-state index contributed by atoms with van der Waals surface area (Å²) >= 11 is 0. The van der Waals surface area contributed by atoms with Crippen molar-refractivity contribution in [3.8, 4) is 11.3 Å². The molecule has 1 saturated carbocycles. The number of ether oxygens (including phenoxy) is 1. The van der Waals surface area contributed by atoms with Crippen LogP contribution in [0.5, 0.6) is 0 Å². The third-order valence-corrected chi connectivity index (χ3v) is 5.84. The highest BCUT2D eigenvalue weighted by Gasteiger charge is 2.40. The summed E-state index contributed by atoms with van der Waals surface area (Å²) in [6.07, 6.45) is 3.18. The first-order chi connectivity index (χ1) is 15.2. The molecule has 0 unspecified atom stereocenters. The topological polar surface area (TPSA) is 118 Å². The fourth-order valence-electron chi connectivity index (χ4n) is 4.09. The number of aromatic nitrogens is 2. The Morgan fingerprint density at radius 3 is 2.31 bits per heavy atom. The fraction of sp³-hybridized carbons (Fsp3) is 0.522. The normalized spacial score (nSPS) is 17.3. The van der Waals surface area contributed by atoms with Gasteiger partial charge in [0.05, 0.1) is 5.69 Å². The number of piperidine rings is 1. The third kappa shape index (κ3) is 5.11. The van der Waals surface area contributed by atoms with Crippen molar-refractivity contribution in [2.75, 3.05) is 13.1 Å². The van der Waals surface area contributed by atoms with Gasteiger partial charge in [-0.15, -0.1) is 0 Å². The predicted octanol–water partition coefficient (Wildman–Crippen LogP) is 2.77. The van der Waals surface area contributed by atoms with Crippen LogP contribution in [0.15, 0.2) is 30.3 Å². The monoisotopic (exact) mass is 441 g/mol. The van der Waals surface area contributed by atoms with Crippen molar-refractivity contribution >= 4 is 17.7 Å². The number of nitrogens with one attached hydrogen (secondary N) is 1. The molecule has 172 valence electrons. The SMILES string of the molecule is CC(C)(C)OC(=O)N1CCC(N(C(=O)c2cc(-c3ccc([NH2+][O-])cc3)n[nH]2)C2CC2)CC1. The molecule has 0 radical (unpaired) electrons. The van der Waals surface area contributed by atoms with Crippen LogP contribution in [0.3, 0.4) is 0 Å². The molecule has 3 N–H and O–H groups in total. The van der Waals surface area contributed by atoms with Crippen LogP contribution in [-0.2, 0) is 4.74 Å². The summed E-state index contributed by atoms with van der Waals surface area (Å²) in [5, 5.41) is 18.1. The Morgan fingerprint density at radius 2 is 1.75 bits per heavy atom. The molecular weight excluding hydrogens is 410 g/mol. The van der Waals surface area contributed by atoms with Crippen LogP contribution in [0.2, 0.25) is 0 Å². The number of nitrogens with zero attached hydrogens (tertiary/aromatic N) is 3. The van der Waals surface area contributed by atoms with Crippen LogP contribution in [0.1, 0.15) is 56.9 Å². The zero-order valence-corrected chi connectivity index (χ0v) is 18.8. The number of carbonyl (C=O) groups is 2. The van der Waals surface area contributed by atoms with Gasteiger partial charge in [0.15, 0.2) is 0 Å². The van der Waals surface area contributed by atoms with Crippen LogP contribution in [0.4, 0.5) is 10.5 Å². The Labute approximate surface area is 187 Å². The largest absolute Gasteiger partial charge is 0.630 e. The summed E-state index contributed by atoms with van der Waals surface area (Å²) in [5.74, 6) is -0.0496. The number of nitrogens with two attached hydrogens (primary N) is 1. The Morgan fingerprint density at radius 1 is 1.12 bits per heavy atom. The molecule has 2 aliphatic rings.